The van der Waals surface area contributed by atoms with Gasteiger partial charge in [-0.15, -0.1) is 0 Å². The molecule has 0 N–H and O–H groups in total. The molecule has 0 radical (unpaired) electrons. The molecule has 1 saturated carbocycles. The van der Waals surface area contributed by atoms with Gasteiger partial charge < -0.3 is 14.2 Å². The lowest BCUT2D eigenvalue weighted by atomic mass is 9.78. The molecule has 170 valence electrons. The Bertz CT molecular complexity index is 628. The topological polar surface area (TPSA) is 44.8 Å². The number of ether oxygens (including phenoxy) is 3. The molecule has 0 bridgehead atoms. The molecule has 30 heavy (non-hydrogen) atoms. The third-order valence-electron chi connectivity index (χ3n) is 6.12. The second-order valence-corrected chi connectivity index (χ2v) is 10.6. The van der Waals surface area contributed by atoms with E-state index in [2.05, 4.69) is 53.7 Å². The van der Waals surface area contributed by atoms with Crippen molar-refractivity contribution in [2.24, 2.45) is 17.3 Å². The minimum atomic E-state index is -0.241. The maximum atomic E-state index is 12.4. The van der Waals surface area contributed by atoms with Crippen molar-refractivity contribution in [3.63, 3.8) is 0 Å². The Morgan fingerprint density at radius 2 is 1.73 bits per heavy atom. The highest BCUT2D eigenvalue weighted by Crippen LogP contribution is 2.35. The Morgan fingerprint density at radius 3 is 2.33 bits per heavy atom. The summed E-state index contributed by atoms with van der Waals surface area (Å²) in [4.78, 5) is 12.4. The van der Waals surface area contributed by atoms with Gasteiger partial charge in [0.2, 0.25) is 0 Å². The molecular weight excluding hydrogens is 376 g/mol. The predicted octanol–water partition coefficient (Wildman–Crippen LogP) is 6.52. The molecule has 0 saturated heterocycles. The monoisotopic (exact) mass is 418 g/mol. The summed E-state index contributed by atoms with van der Waals surface area (Å²) in [6.45, 7) is 13.8. The third kappa shape index (κ3) is 8.39. The first-order chi connectivity index (χ1) is 14.1. The van der Waals surface area contributed by atoms with Crippen molar-refractivity contribution in [3.8, 4) is 0 Å². The molecule has 1 fully saturated rings. The largest absolute Gasteiger partial charge is 0.459 e. The lowest BCUT2D eigenvalue weighted by Crippen LogP contribution is -2.37. The van der Waals surface area contributed by atoms with Gasteiger partial charge in [0, 0.05) is 6.42 Å². The van der Waals surface area contributed by atoms with Gasteiger partial charge in [-0.2, -0.15) is 0 Å². The Balaban J connectivity index is 1.78. The fourth-order valence-corrected chi connectivity index (χ4v) is 4.79. The first-order valence-corrected chi connectivity index (χ1v) is 11.5. The van der Waals surface area contributed by atoms with Crippen LogP contribution in [0.3, 0.4) is 0 Å². The molecule has 0 unspecified atom stereocenters. The zero-order valence-electron chi connectivity index (χ0n) is 19.9. The second-order valence-electron chi connectivity index (χ2n) is 10.6. The minimum Gasteiger partial charge on any atom is -0.459 e. The molecule has 1 aromatic carbocycles. The summed E-state index contributed by atoms with van der Waals surface area (Å²) in [5.74, 6) is 0.518. The highest BCUT2D eigenvalue weighted by Gasteiger charge is 2.34. The molecule has 0 spiro atoms. The highest BCUT2D eigenvalue weighted by atomic mass is 16.7. The number of hydrogen-bond donors (Lipinski definition) is 0. The van der Waals surface area contributed by atoms with Gasteiger partial charge in [-0.05, 0) is 61.8 Å². The third-order valence-corrected chi connectivity index (χ3v) is 6.12. The van der Waals surface area contributed by atoms with Crippen molar-refractivity contribution in [3.05, 3.63) is 35.9 Å². The van der Waals surface area contributed by atoms with E-state index in [0.717, 1.165) is 37.7 Å². The Hall–Kier alpha value is -1.39. The molecule has 0 aliphatic heterocycles. The van der Waals surface area contributed by atoms with Crippen molar-refractivity contribution in [1.82, 2.24) is 0 Å². The van der Waals surface area contributed by atoms with Gasteiger partial charge in [-0.3, -0.25) is 4.79 Å². The summed E-state index contributed by atoms with van der Waals surface area (Å²) in [5.41, 5.74) is 0.896. The van der Waals surface area contributed by atoms with Crippen LogP contribution in [0.4, 0.5) is 0 Å². The summed E-state index contributed by atoms with van der Waals surface area (Å²) in [7, 11) is 0. The number of esters is 1. The van der Waals surface area contributed by atoms with E-state index in [-0.39, 0.29) is 35.8 Å². The van der Waals surface area contributed by atoms with E-state index in [4.69, 9.17) is 14.2 Å². The van der Waals surface area contributed by atoms with Crippen LogP contribution in [0.5, 0.6) is 0 Å². The number of carbonyl (C=O) groups excluding carboxylic acids is 1. The zero-order chi connectivity index (χ0) is 22.2. The normalized spacial score (nSPS) is 19.3. The molecule has 0 amide bonds. The predicted molar refractivity (Wildman–Crippen MR) is 121 cm³/mol. The van der Waals surface area contributed by atoms with E-state index in [9.17, 15) is 4.79 Å². The second kappa shape index (κ2) is 11.3. The van der Waals surface area contributed by atoms with E-state index in [0.29, 0.717) is 18.9 Å². The molecule has 1 aliphatic carbocycles. The van der Waals surface area contributed by atoms with E-state index < -0.39 is 0 Å². The lowest BCUT2D eigenvalue weighted by Gasteiger charge is -2.36. The molecule has 0 heterocycles. The Labute approximate surface area is 183 Å². The van der Waals surface area contributed by atoms with Gasteiger partial charge in [0.05, 0.1) is 12.7 Å². The number of rotatable bonds is 11. The average Bonchev–Trinajstić information content (AvgIpc) is 3.06. The van der Waals surface area contributed by atoms with Gasteiger partial charge >= 0.3 is 5.97 Å². The summed E-state index contributed by atoms with van der Waals surface area (Å²) >= 11 is 0. The number of benzene rings is 1. The molecule has 4 nitrogen and oxygen atoms in total. The van der Waals surface area contributed by atoms with Crippen LogP contribution in [0.1, 0.15) is 85.6 Å². The summed E-state index contributed by atoms with van der Waals surface area (Å²) < 4.78 is 17.7. The van der Waals surface area contributed by atoms with E-state index in [1.165, 1.54) is 0 Å². The van der Waals surface area contributed by atoms with Gasteiger partial charge in [0.1, 0.15) is 12.4 Å². The van der Waals surface area contributed by atoms with Crippen LogP contribution < -0.4 is 0 Å². The summed E-state index contributed by atoms with van der Waals surface area (Å²) in [6, 6.07) is 10.1. The fraction of sp³-hybridized carbons (Fsp3) is 0.731. The summed E-state index contributed by atoms with van der Waals surface area (Å²) in [5, 5.41) is 0. The first-order valence-electron chi connectivity index (χ1n) is 11.5. The van der Waals surface area contributed by atoms with Crippen LogP contribution in [-0.4, -0.2) is 24.5 Å². The van der Waals surface area contributed by atoms with Crippen molar-refractivity contribution in [2.75, 3.05) is 6.79 Å². The number of hydrogen-bond acceptors (Lipinski definition) is 4. The quantitative estimate of drug-likeness (QED) is 0.233. The molecule has 2 rings (SSSR count). The maximum absolute atomic E-state index is 12.4. The minimum absolute atomic E-state index is 0.00687. The maximum Gasteiger partial charge on any atom is 0.306 e. The van der Waals surface area contributed by atoms with E-state index in [1.807, 2.05) is 18.2 Å². The van der Waals surface area contributed by atoms with Crippen LogP contribution in [0, 0.1) is 17.3 Å². The molecule has 1 aromatic rings. The van der Waals surface area contributed by atoms with E-state index >= 15 is 0 Å². The lowest BCUT2D eigenvalue weighted by molar-refractivity contribution is -0.159. The fourth-order valence-electron chi connectivity index (χ4n) is 4.79. The van der Waals surface area contributed by atoms with Crippen LogP contribution in [0.2, 0.25) is 0 Å². The van der Waals surface area contributed by atoms with Gasteiger partial charge in [0.15, 0.2) is 0 Å². The van der Waals surface area contributed by atoms with E-state index in [1.54, 1.807) is 0 Å². The standard InChI is InChI=1S/C26H42O4/c1-20(17-23(27)30-26(6)14-10-11-15-26)16-21(2)24(25(3,4)5)29-19-28-18-22-12-8-7-9-13-22/h7-9,12-13,20-21,24H,10-11,14-19H2,1-6H3/t20-,21+,24+/m1/s1. The molecular formula is C26H42O4. The molecule has 1 aliphatic rings. The van der Waals surface area contributed by atoms with Crippen molar-refractivity contribution < 1.29 is 19.0 Å². The Morgan fingerprint density at radius 1 is 1.10 bits per heavy atom. The average molecular weight is 419 g/mol. The first kappa shape index (κ1) is 24.9. The van der Waals surface area contributed by atoms with Gasteiger partial charge in [-0.1, -0.05) is 65.0 Å². The van der Waals surface area contributed by atoms with Crippen molar-refractivity contribution in [2.45, 2.75) is 98.4 Å². The van der Waals surface area contributed by atoms with Gasteiger partial charge in [-0.25, -0.2) is 0 Å². The zero-order valence-corrected chi connectivity index (χ0v) is 19.9. The molecule has 4 heteroatoms. The van der Waals surface area contributed by atoms with Crippen molar-refractivity contribution in [1.29, 1.82) is 0 Å². The van der Waals surface area contributed by atoms with Crippen LogP contribution in [0.25, 0.3) is 0 Å². The SMILES string of the molecule is C[C@@H](CC(=O)OC1(C)CCCC1)C[C@H](C)[C@H](OCOCc1ccccc1)C(C)(C)C. The van der Waals surface area contributed by atoms with Crippen molar-refractivity contribution >= 4 is 5.97 Å². The molecule has 0 aromatic heterocycles. The Kier molecular flexibility index (Phi) is 9.36. The van der Waals surface area contributed by atoms with Gasteiger partial charge in [0.25, 0.3) is 0 Å². The summed E-state index contributed by atoms with van der Waals surface area (Å²) in [6.07, 6.45) is 5.76. The highest BCUT2D eigenvalue weighted by molar-refractivity contribution is 5.70. The molecule has 3 atom stereocenters. The van der Waals surface area contributed by atoms with Crippen LogP contribution >= 0.6 is 0 Å². The van der Waals surface area contributed by atoms with Crippen LogP contribution in [0.15, 0.2) is 30.3 Å². The number of carbonyl (C=O) groups is 1. The van der Waals surface area contributed by atoms with Crippen LogP contribution in [-0.2, 0) is 25.6 Å². The smallest absolute Gasteiger partial charge is 0.306 e.